The summed E-state index contributed by atoms with van der Waals surface area (Å²) in [5.74, 6) is 0.893. The predicted molar refractivity (Wildman–Crippen MR) is 55.7 cm³/mol. The maximum Gasteiger partial charge on any atom is 0.345 e. The summed E-state index contributed by atoms with van der Waals surface area (Å²) in [6, 6.07) is 0. The largest absolute Gasteiger partial charge is 0.481 e. The van der Waals surface area contributed by atoms with Crippen LogP contribution in [0.3, 0.4) is 0 Å². The first-order valence-corrected chi connectivity index (χ1v) is 6.18. The van der Waals surface area contributed by atoms with Gasteiger partial charge in [0.1, 0.15) is 0 Å². The molecule has 1 unspecified atom stereocenters. The van der Waals surface area contributed by atoms with Gasteiger partial charge in [0.05, 0.1) is 13.2 Å². The number of carboxylic acids is 1. The van der Waals surface area contributed by atoms with Crippen molar-refractivity contribution in [3.63, 3.8) is 0 Å². The maximum atomic E-state index is 12.0. The molecule has 0 spiro atoms. The third-order valence-corrected chi connectivity index (χ3v) is 4.00. The summed E-state index contributed by atoms with van der Waals surface area (Å²) in [5.41, 5.74) is -1.29. The second kappa shape index (κ2) is 6.62. The quantitative estimate of drug-likeness (QED) is 0.536. The van der Waals surface area contributed by atoms with Crippen molar-refractivity contribution in [1.82, 2.24) is 0 Å². The molecule has 1 atom stereocenters. The molecule has 5 nitrogen and oxygen atoms in total. The number of aliphatic carboxylic acids is 1. The van der Waals surface area contributed by atoms with E-state index in [1.165, 1.54) is 0 Å². The Labute approximate surface area is 89.3 Å². The minimum absolute atomic E-state index is 0.117. The summed E-state index contributed by atoms with van der Waals surface area (Å²) in [5, 5.41) is 8.87. The third kappa shape index (κ3) is 4.05. The Hall–Kier alpha value is -0.820. The molecule has 0 aliphatic rings. The van der Waals surface area contributed by atoms with Crippen LogP contribution in [0, 0.1) is 12.3 Å². The standard InChI is InChI=1S/C9H15O5P/c1-4-7-8(9(10)11)15(12,13-5-2)14-6-3/h1,8H,5-7H2,2-3H3,(H,10,11). The smallest absolute Gasteiger partial charge is 0.345 e. The SMILES string of the molecule is C#CCC(C(=O)O)P(=O)(OCC)OCC. The summed E-state index contributed by atoms with van der Waals surface area (Å²) >= 11 is 0. The number of carbonyl (C=O) groups is 1. The van der Waals surface area contributed by atoms with Crippen LogP contribution in [0.5, 0.6) is 0 Å². The van der Waals surface area contributed by atoms with Crippen molar-refractivity contribution in [2.24, 2.45) is 0 Å². The number of rotatable bonds is 7. The highest BCUT2D eigenvalue weighted by atomic mass is 31.2. The molecule has 1 N–H and O–H groups in total. The zero-order valence-electron chi connectivity index (χ0n) is 8.80. The minimum Gasteiger partial charge on any atom is -0.481 e. The van der Waals surface area contributed by atoms with Crippen LogP contribution in [-0.2, 0) is 18.4 Å². The summed E-state index contributed by atoms with van der Waals surface area (Å²) in [7, 11) is -3.64. The Morgan fingerprint density at radius 2 is 1.93 bits per heavy atom. The van der Waals surface area contributed by atoms with Crippen molar-refractivity contribution in [2.75, 3.05) is 13.2 Å². The van der Waals surface area contributed by atoms with E-state index in [1.54, 1.807) is 13.8 Å². The molecule has 0 radical (unpaired) electrons. The second-order valence-corrected chi connectivity index (χ2v) is 4.86. The Morgan fingerprint density at radius 3 is 2.20 bits per heavy atom. The number of hydrogen-bond acceptors (Lipinski definition) is 4. The van der Waals surface area contributed by atoms with Gasteiger partial charge in [0.25, 0.3) is 0 Å². The van der Waals surface area contributed by atoms with Crippen LogP contribution in [0.2, 0.25) is 0 Å². The molecule has 0 bridgehead atoms. The Morgan fingerprint density at radius 1 is 1.47 bits per heavy atom. The molecule has 0 heterocycles. The lowest BCUT2D eigenvalue weighted by molar-refractivity contribution is -0.136. The molecule has 15 heavy (non-hydrogen) atoms. The highest BCUT2D eigenvalue weighted by molar-refractivity contribution is 7.55. The summed E-state index contributed by atoms with van der Waals surface area (Å²) < 4.78 is 21.8. The third-order valence-electron chi connectivity index (χ3n) is 1.60. The molecule has 0 rings (SSSR count). The van der Waals surface area contributed by atoms with Crippen LogP contribution in [0.4, 0.5) is 0 Å². The fraction of sp³-hybridized carbons (Fsp3) is 0.667. The minimum atomic E-state index is -3.64. The summed E-state index contributed by atoms with van der Waals surface area (Å²) in [6.07, 6.45) is 4.84. The van der Waals surface area contributed by atoms with Crippen molar-refractivity contribution < 1.29 is 23.5 Å². The van der Waals surface area contributed by atoms with Gasteiger partial charge in [-0.1, -0.05) is 0 Å². The van der Waals surface area contributed by atoms with E-state index in [2.05, 4.69) is 5.92 Å². The molecular formula is C9H15O5P. The van der Waals surface area contributed by atoms with Crippen LogP contribution in [0.15, 0.2) is 0 Å². The number of carboxylic acid groups (broad SMARTS) is 1. The Balaban J connectivity index is 4.92. The topological polar surface area (TPSA) is 72.8 Å². The lowest BCUT2D eigenvalue weighted by Crippen LogP contribution is -2.22. The lowest BCUT2D eigenvalue weighted by atomic mass is 10.3. The van der Waals surface area contributed by atoms with E-state index in [1.807, 2.05) is 0 Å². The highest BCUT2D eigenvalue weighted by Crippen LogP contribution is 2.54. The van der Waals surface area contributed by atoms with Crippen molar-refractivity contribution in [1.29, 1.82) is 0 Å². The first-order chi connectivity index (χ1) is 7.01. The van der Waals surface area contributed by atoms with E-state index in [0.29, 0.717) is 0 Å². The maximum absolute atomic E-state index is 12.0. The average molecular weight is 234 g/mol. The predicted octanol–water partition coefficient (Wildman–Crippen LogP) is 1.73. The Bertz CT molecular complexity index is 283. The summed E-state index contributed by atoms with van der Waals surface area (Å²) in [4.78, 5) is 10.9. The van der Waals surface area contributed by atoms with Crippen LogP contribution in [-0.4, -0.2) is 29.9 Å². The van der Waals surface area contributed by atoms with Crippen LogP contribution in [0.25, 0.3) is 0 Å². The van der Waals surface area contributed by atoms with Crippen molar-refractivity contribution >= 4 is 13.6 Å². The normalized spacial score (nSPS) is 13.1. The van der Waals surface area contributed by atoms with Crippen molar-refractivity contribution in [3.05, 3.63) is 0 Å². The Kier molecular flexibility index (Phi) is 6.26. The monoisotopic (exact) mass is 234 g/mol. The fourth-order valence-electron chi connectivity index (χ4n) is 1.02. The van der Waals surface area contributed by atoms with Gasteiger partial charge in [-0.3, -0.25) is 9.36 Å². The second-order valence-electron chi connectivity index (χ2n) is 2.64. The van der Waals surface area contributed by atoms with Crippen LogP contribution >= 0.6 is 7.60 Å². The van der Waals surface area contributed by atoms with E-state index in [0.717, 1.165) is 0 Å². The van der Waals surface area contributed by atoms with Gasteiger partial charge >= 0.3 is 13.6 Å². The first-order valence-electron chi connectivity index (χ1n) is 4.56. The zero-order chi connectivity index (χ0) is 11.9. The van der Waals surface area contributed by atoms with E-state index in [9.17, 15) is 9.36 Å². The van der Waals surface area contributed by atoms with E-state index >= 15 is 0 Å². The van der Waals surface area contributed by atoms with Gasteiger partial charge in [-0.2, -0.15) is 0 Å². The number of hydrogen-bond donors (Lipinski definition) is 1. The van der Waals surface area contributed by atoms with Gasteiger partial charge in [-0.25, -0.2) is 0 Å². The van der Waals surface area contributed by atoms with Crippen LogP contribution in [0.1, 0.15) is 20.3 Å². The molecule has 0 saturated heterocycles. The van der Waals surface area contributed by atoms with Crippen LogP contribution < -0.4 is 0 Å². The molecule has 0 aliphatic heterocycles. The van der Waals surface area contributed by atoms with Gasteiger partial charge in [0.2, 0.25) is 0 Å². The molecule has 0 aliphatic carbocycles. The van der Waals surface area contributed by atoms with E-state index in [4.69, 9.17) is 20.6 Å². The molecule has 0 aromatic heterocycles. The number of terminal acetylenes is 1. The van der Waals surface area contributed by atoms with Gasteiger partial charge in [0.15, 0.2) is 5.66 Å². The van der Waals surface area contributed by atoms with Gasteiger partial charge in [0, 0.05) is 6.42 Å². The van der Waals surface area contributed by atoms with Gasteiger partial charge in [-0.15, -0.1) is 12.3 Å². The van der Waals surface area contributed by atoms with Crippen molar-refractivity contribution in [2.45, 2.75) is 25.9 Å². The van der Waals surface area contributed by atoms with E-state index < -0.39 is 19.2 Å². The molecule has 0 aromatic rings. The molecule has 0 fully saturated rings. The summed E-state index contributed by atoms with van der Waals surface area (Å²) in [6.45, 7) is 3.46. The molecule has 0 amide bonds. The zero-order valence-corrected chi connectivity index (χ0v) is 9.70. The van der Waals surface area contributed by atoms with Gasteiger partial charge < -0.3 is 14.2 Å². The first kappa shape index (κ1) is 14.2. The van der Waals surface area contributed by atoms with Crippen molar-refractivity contribution in [3.8, 4) is 12.3 Å². The molecule has 0 aromatic carbocycles. The molecule has 0 saturated carbocycles. The fourth-order valence-corrected chi connectivity index (χ4v) is 2.78. The highest BCUT2D eigenvalue weighted by Gasteiger charge is 2.40. The average Bonchev–Trinajstić information content (AvgIpc) is 2.14. The van der Waals surface area contributed by atoms with Gasteiger partial charge in [-0.05, 0) is 13.8 Å². The molecular weight excluding hydrogens is 219 g/mol. The van der Waals surface area contributed by atoms with E-state index in [-0.39, 0.29) is 19.6 Å². The lowest BCUT2D eigenvalue weighted by Gasteiger charge is -2.21. The molecule has 86 valence electrons. The molecule has 6 heteroatoms.